The first-order valence-electron chi connectivity index (χ1n) is 9.37. The van der Waals surface area contributed by atoms with Gasteiger partial charge in [-0.2, -0.15) is 0 Å². The van der Waals surface area contributed by atoms with Gasteiger partial charge in [-0.05, 0) is 34.7 Å². The van der Waals surface area contributed by atoms with Gasteiger partial charge >= 0.3 is 0 Å². The highest BCUT2D eigenvalue weighted by molar-refractivity contribution is 8.12. The number of nitrogens with one attached hydrogen (secondary N) is 3. The molecule has 2 heterocycles. The van der Waals surface area contributed by atoms with E-state index >= 15 is 0 Å². The van der Waals surface area contributed by atoms with Gasteiger partial charge in [0.15, 0.2) is 0 Å². The van der Waals surface area contributed by atoms with Crippen molar-refractivity contribution in [2.45, 2.75) is 38.1 Å². The van der Waals surface area contributed by atoms with Crippen molar-refractivity contribution in [2.24, 2.45) is 5.92 Å². The third-order valence-electron chi connectivity index (χ3n) is 4.72. The highest BCUT2D eigenvalue weighted by Gasteiger charge is 2.33. The van der Waals surface area contributed by atoms with Gasteiger partial charge < -0.3 is 16.0 Å². The number of carbonyl (C=O) groups is 4. The van der Waals surface area contributed by atoms with Crippen LogP contribution in [0.1, 0.15) is 25.8 Å². The van der Waals surface area contributed by atoms with Crippen LogP contribution in [0.3, 0.4) is 0 Å². The van der Waals surface area contributed by atoms with Crippen molar-refractivity contribution in [1.29, 1.82) is 0 Å². The number of hydrogen-bond donors (Lipinski definition) is 3. The maximum Gasteiger partial charge on any atom is 0.289 e. The van der Waals surface area contributed by atoms with Crippen LogP contribution in [-0.2, 0) is 20.1 Å². The minimum Gasteiger partial charge on any atom is -0.349 e. The lowest BCUT2D eigenvalue weighted by molar-refractivity contribution is -0.142. The van der Waals surface area contributed by atoms with Gasteiger partial charge in [-0.1, -0.05) is 43.8 Å². The Bertz CT molecular complexity index is 941. The van der Waals surface area contributed by atoms with Crippen LogP contribution in [0.25, 0.3) is 10.1 Å². The molecular formula is C20H23N3O4S2. The van der Waals surface area contributed by atoms with E-state index in [1.807, 2.05) is 43.5 Å². The number of benzene rings is 1. The summed E-state index contributed by atoms with van der Waals surface area (Å²) in [5, 5.41) is 10.7. The van der Waals surface area contributed by atoms with Gasteiger partial charge in [-0.25, -0.2) is 0 Å². The predicted molar refractivity (Wildman–Crippen MR) is 115 cm³/mol. The number of thioether (sulfide) groups is 1. The molecule has 0 radical (unpaired) electrons. The quantitative estimate of drug-likeness (QED) is 0.607. The Morgan fingerprint density at radius 2 is 2.03 bits per heavy atom. The van der Waals surface area contributed by atoms with Gasteiger partial charge in [0.2, 0.25) is 11.7 Å². The zero-order valence-corrected chi connectivity index (χ0v) is 17.8. The number of piperidine rings is 1. The van der Waals surface area contributed by atoms with Gasteiger partial charge in [-0.3, -0.25) is 19.2 Å². The summed E-state index contributed by atoms with van der Waals surface area (Å²) in [6.07, 6.45) is 0.342. The Morgan fingerprint density at radius 3 is 2.79 bits per heavy atom. The second-order valence-corrected chi connectivity index (χ2v) is 9.03. The van der Waals surface area contributed by atoms with Crippen molar-refractivity contribution in [1.82, 2.24) is 16.0 Å². The minimum absolute atomic E-state index is 0.172. The van der Waals surface area contributed by atoms with E-state index in [2.05, 4.69) is 16.0 Å². The van der Waals surface area contributed by atoms with E-state index < -0.39 is 29.7 Å². The molecule has 0 aliphatic carbocycles. The van der Waals surface area contributed by atoms with Crippen LogP contribution in [0.5, 0.6) is 0 Å². The molecule has 0 spiro atoms. The number of Topliss-reactive ketones (excluding diaryl/α,β-unsaturated/α-hetero) is 1. The topological polar surface area (TPSA) is 104 Å². The van der Waals surface area contributed by atoms with Crippen molar-refractivity contribution in [3.63, 3.8) is 0 Å². The van der Waals surface area contributed by atoms with E-state index in [-0.39, 0.29) is 11.2 Å². The lowest BCUT2D eigenvalue weighted by atomic mass is 10.0. The fraction of sp³-hybridized carbons (Fsp3) is 0.400. The molecule has 1 aromatic carbocycles. The van der Waals surface area contributed by atoms with Gasteiger partial charge in [0.25, 0.3) is 11.1 Å². The number of rotatable bonds is 6. The molecule has 0 bridgehead atoms. The zero-order valence-electron chi connectivity index (χ0n) is 16.2. The third kappa shape index (κ3) is 5.16. The lowest BCUT2D eigenvalue weighted by Crippen LogP contribution is -2.57. The molecule has 0 saturated carbocycles. The standard InChI is InChI=1S/C20H23N3O4S2/c1-11(2)16(18(25)22-14-7-8-21-19(26)17(14)24)23-20(27)29-10-12-9-28-15-6-4-3-5-13(12)15/h3-6,9,11,14,16H,7-8,10H2,1-2H3,(H,21,26)(H,22,25)(H,23,27). The molecule has 3 N–H and O–H groups in total. The normalized spacial score (nSPS) is 17.8. The van der Waals surface area contributed by atoms with Crippen LogP contribution in [0.2, 0.25) is 0 Å². The minimum atomic E-state index is -0.848. The molecule has 154 valence electrons. The number of fused-ring (bicyclic) bond motifs is 1. The van der Waals surface area contributed by atoms with Gasteiger partial charge in [0.05, 0.1) is 6.04 Å². The molecular weight excluding hydrogens is 410 g/mol. The van der Waals surface area contributed by atoms with Crippen molar-refractivity contribution in [3.05, 3.63) is 35.2 Å². The summed E-state index contributed by atoms with van der Waals surface area (Å²) < 4.78 is 1.17. The molecule has 1 aliphatic heterocycles. The van der Waals surface area contributed by atoms with E-state index in [9.17, 15) is 19.2 Å². The first kappa shape index (κ1) is 21.3. The summed E-state index contributed by atoms with van der Waals surface area (Å²) in [5.74, 6) is -1.47. The predicted octanol–water partition coefficient (Wildman–Crippen LogP) is 2.44. The van der Waals surface area contributed by atoms with Crippen molar-refractivity contribution in [3.8, 4) is 0 Å². The molecule has 1 aromatic heterocycles. The number of amides is 3. The molecule has 3 rings (SSSR count). The molecule has 1 fully saturated rings. The molecule has 3 amide bonds. The van der Waals surface area contributed by atoms with E-state index in [0.29, 0.717) is 18.7 Å². The van der Waals surface area contributed by atoms with Crippen LogP contribution in [0.4, 0.5) is 4.79 Å². The number of ketones is 1. The second kappa shape index (κ2) is 9.41. The van der Waals surface area contributed by atoms with Crippen LogP contribution < -0.4 is 16.0 Å². The third-order valence-corrected chi connectivity index (χ3v) is 6.57. The average molecular weight is 434 g/mol. The van der Waals surface area contributed by atoms with Crippen LogP contribution in [0.15, 0.2) is 29.6 Å². The molecule has 29 heavy (non-hydrogen) atoms. The smallest absolute Gasteiger partial charge is 0.289 e. The fourth-order valence-electron chi connectivity index (χ4n) is 3.10. The Hall–Kier alpha value is -2.39. The molecule has 7 nitrogen and oxygen atoms in total. The first-order chi connectivity index (χ1) is 13.9. The Balaban J connectivity index is 1.57. The fourth-order valence-corrected chi connectivity index (χ4v) is 4.90. The van der Waals surface area contributed by atoms with Gasteiger partial charge in [0, 0.05) is 17.0 Å². The van der Waals surface area contributed by atoms with Crippen molar-refractivity contribution in [2.75, 3.05) is 6.54 Å². The number of thiophene rings is 1. The van der Waals surface area contributed by atoms with Gasteiger partial charge in [0.1, 0.15) is 6.04 Å². The zero-order chi connectivity index (χ0) is 21.0. The Labute approximate surface area is 177 Å². The molecule has 2 atom stereocenters. The summed E-state index contributed by atoms with van der Waals surface area (Å²) in [6.45, 7) is 3.96. The van der Waals surface area contributed by atoms with Gasteiger partial charge in [-0.15, -0.1) is 11.3 Å². The summed E-state index contributed by atoms with van der Waals surface area (Å²) >= 11 is 2.74. The van der Waals surface area contributed by atoms with Crippen LogP contribution >= 0.6 is 23.1 Å². The second-order valence-electron chi connectivity index (χ2n) is 7.17. The van der Waals surface area contributed by atoms with Crippen LogP contribution in [0, 0.1) is 5.92 Å². The molecule has 2 unspecified atom stereocenters. The van der Waals surface area contributed by atoms with E-state index in [4.69, 9.17) is 0 Å². The summed E-state index contributed by atoms with van der Waals surface area (Å²) in [7, 11) is 0. The molecule has 1 saturated heterocycles. The highest BCUT2D eigenvalue weighted by Crippen LogP contribution is 2.28. The highest BCUT2D eigenvalue weighted by atomic mass is 32.2. The molecule has 1 aliphatic rings. The van der Waals surface area contributed by atoms with E-state index in [0.717, 1.165) is 22.7 Å². The number of carbonyl (C=O) groups excluding carboxylic acids is 4. The van der Waals surface area contributed by atoms with Crippen LogP contribution in [-0.4, -0.2) is 41.5 Å². The summed E-state index contributed by atoms with van der Waals surface area (Å²) in [4.78, 5) is 48.5. The number of hydrogen-bond acceptors (Lipinski definition) is 6. The largest absolute Gasteiger partial charge is 0.349 e. The summed E-state index contributed by atoms with van der Waals surface area (Å²) in [5.41, 5.74) is 1.08. The lowest BCUT2D eigenvalue weighted by Gasteiger charge is -2.26. The van der Waals surface area contributed by atoms with E-state index in [1.54, 1.807) is 11.3 Å². The summed E-state index contributed by atoms with van der Waals surface area (Å²) in [6, 6.07) is 6.39. The van der Waals surface area contributed by atoms with Crippen molar-refractivity contribution >= 4 is 56.0 Å². The molecule has 9 heteroatoms. The SMILES string of the molecule is CC(C)C(NC(=O)SCc1csc2ccccc12)C(=O)NC1CCNC(=O)C1=O. The maximum atomic E-state index is 12.6. The first-order valence-corrected chi connectivity index (χ1v) is 11.2. The molecule has 2 aromatic rings. The van der Waals surface area contributed by atoms with Crippen molar-refractivity contribution < 1.29 is 19.2 Å². The maximum absolute atomic E-state index is 12.6. The monoisotopic (exact) mass is 433 g/mol. The van der Waals surface area contributed by atoms with E-state index in [1.165, 1.54) is 4.70 Å². The average Bonchev–Trinajstić information content (AvgIpc) is 3.11. The Morgan fingerprint density at radius 1 is 1.28 bits per heavy atom. The Kier molecular flexibility index (Phi) is 6.92.